The minimum atomic E-state index is -0.757. The number of nitrogens with zero attached hydrogens (tertiary/aromatic N) is 2. The van der Waals surface area contributed by atoms with Crippen molar-refractivity contribution < 1.29 is 14.4 Å². The third-order valence-electron chi connectivity index (χ3n) is 3.85. The molecule has 1 aliphatic rings. The van der Waals surface area contributed by atoms with Crippen LogP contribution in [0.5, 0.6) is 0 Å². The maximum absolute atomic E-state index is 12.1. The van der Waals surface area contributed by atoms with E-state index in [1.807, 2.05) is 6.92 Å². The highest BCUT2D eigenvalue weighted by Crippen LogP contribution is 2.17. The number of amides is 3. The summed E-state index contributed by atoms with van der Waals surface area (Å²) in [5.74, 6) is -1.20. The van der Waals surface area contributed by atoms with E-state index in [-0.39, 0.29) is 11.9 Å². The van der Waals surface area contributed by atoms with Gasteiger partial charge in [-0.3, -0.25) is 19.7 Å². The summed E-state index contributed by atoms with van der Waals surface area (Å²) in [5, 5.41) is 15.4. The van der Waals surface area contributed by atoms with Crippen molar-refractivity contribution in [1.82, 2.24) is 25.7 Å². The molecule has 3 amide bonds. The Morgan fingerprint density at radius 3 is 2.80 bits per heavy atom. The number of carbonyl (C=O) groups is 3. The molecule has 25 heavy (non-hydrogen) atoms. The van der Waals surface area contributed by atoms with Gasteiger partial charge in [0.1, 0.15) is 5.82 Å². The molecule has 1 aromatic rings. The topological polar surface area (TPSA) is 117 Å². The molecule has 2 unspecified atom stereocenters. The third kappa shape index (κ3) is 5.28. The van der Waals surface area contributed by atoms with Crippen molar-refractivity contribution >= 4 is 23.5 Å². The van der Waals surface area contributed by atoms with Crippen molar-refractivity contribution in [3.8, 4) is 0 Å². The lowest BCUT2D eigenvalue weighted by molar-refractivity contribution is -0.136. The predicted octanol–water partition coefficient (Wildman–Crippen LogP) is 0.391. The minimum absolute atomic E-state index is 0.0197. The average Bonchev–Trinajstić information content (AvgIpc) is 2.91. The molecule has 0 spiro atoms. The van der Waals surface area contributed by atoms with Crippen LogP contribution < -0.4 is 21.3 Å². The smallest absolute Gasteiger partial charge is 0.314 e. The van der Waals surface area contributed by atoms with Gasteiger partial charge < -0.3 is 16.0 Å². The van der Waals surface area contributed by atoms with Crippen LogP contribution in [0.1, 0.15) is 51.5 Å². The van der Waals surface area contributed by atoms with E-state index in [2.05, 4.69) is 33.3 Å². The number of aryl methyl sites for hydroxylation is 1. The molecule has 2 rings (SSSR count). The van der Waals surface area contributed by atoms with Crippen LogP contribution in [-0.2, 0) is 14.4 Å². The molecule has 1 fully saturated rings. The first-order valence-electron chi connectivity index (χ1n) is 8.61. The van der Waals surface area contributed by atoms with Gasteiger partial charge in [-0.2, -0.15) is 5.10 Å². The largest absolute Gasteiger partial charge is 0.348 e. The van der Waals surface area contributed by atoms with Gasteiger partial charge >= 0.3 is 11.8 Å². The lowest BCUT2D eigenvalue weighted by atomic mass is 10.2. The quantitative estimate of drug-likeness (QED) is 0.437. The molecule has 2 atom stereocenters. The first-order chi connectivity index (χ1) is 11.9. The van der Waals surface area contributed by atoms with Crippen molar-refractivity contribution in [3.63, 3.8) is 0 Å². The number of rotatable bonds is 6. The fourth-order valence-electron chi connectivity index (χ4n) is 2.63. The molecular formula is C16H26N6O3. The van der Waals surface area contributed by atoms with E-state index < -0.39 is 18.1 Å². The van der Waals surface area contributed by atoms with Crippen molar-refractivity contribution in [2.45, 2.75) is 58.8 Å². The lowest BCUT2D eigenvalue weighted by Crippen LogP contribution is -2.52. The summed E-state index contributed by atoms with van der Waals surface area (Å²) in [6.45, 7) is 6.20. The van der Waals surface area contributed by atoms with Crippen LogP contribution in [0.15, 0.2) is 6.07 Å². The summed E-state index contributed by atoms with van der Waals surface area (Å²) in [7, 11) is 0. The lowest BCUT2D eigenvalue weighted by Gasteiger charge is -2.30. The van der Waals surface area contributed by atoms with Gasteiger partial charge in [-0.05, 0) is 20.3 Å². The van der Waals surface area contributed by atoms with E-state index in [1.54, 1.807) is 13.0 Å². The Labute approximate surface area is 146 Å². The second-order valence-electron chi connectivity index (χ2n) is 6.27. The molecule has 1 saturated heterocycles. The Hall–Kier alpha value is -2.42. The maximum atomic E-state index is 12.1. The summed E-state index contributed by atoms with van der Waals surface area (Å²) >= 11 is 0. The number of unbranched alkanes of at least 4 members (excludes halogenated alkanes) is 2. The number of carbonyl (C=O) groups excluding carboxylic acids is 3. The molecule has 0 bridgehead atoms. The number of anilines is 1. The first kappa shape index (κ1) is 18.9. The van der Waals surface area contributed by atoms with Gasteiger partial charge in [0, 0.05) is 25.1 Å². The van der Waals surface area contributed by atoms with Gasteiger partial charge in [0.25, 0.3) is 0 Å². The SMILES string of the molecule is CCCCCNC(=O)C(=O)Nc1cc(C)nn1C1NC(=O)CC(C)N1. The van der Waals surface area contributed by atoms with Crippen LogP contribution in [0.2, 0.25) is 0 Å². The number of aromatic nitrogens is 2. The Morgan fingerprint density at radius 1 is 1.36 bits per heavy atom. The third-order valence-corrected chi connectivity index (χ3v) is 3.85. The van der Waals surface area contributed by atoms with Gasteiger partial charge in [-0.1, -0.05) is 19.8 Å². The van der Waals surface area contributed by atoms with Crippen molar-refractivity contribution in [3.05, 3.63) is 11.8 Å². The van der Waals surface area contributed by atoms with Gasteiger partial charge in [0.2, 0.25) is 5.91 Å². The summed E-state index contributed by atoms with van der Waals surface area (Å²) < 4.78 is 1.46. The van der Waals surface area contributed by atoms with Crippen molar-refractivity contribution in [1.29, 1.82) is 0 Å². The van der Waals surface area contributed by atoms with Crippen molar-refractivity contribution in [2.24, 2.45) is 0 Å². The number of nitrogens with one attached hydrogen (secondary N) is 4. The normalized spacial score (nSPS) is 20.0. The molecule has 9 nitrogen and oxygen atoms in total. The molecule has 2 heterocycles. The fraction of sp³-hybridized carbons (Fsp3) is 0.625. The molecule has 0 radical (unpaired) electrons. The standard InChI is InChI=1S/C16H26N6O3/c1-4-5-6-7-17-14(24)15(25)19-12-8-11(3)21-22(12)16-18-10(2)9-13(23)20-16/h8,10,16,18H,4-7,9H2,1-3H3,(H,17,24)(H,19,25)(H,20,23). The van der Waals surface area contributed by atoms with Crippen LogP contribution in [-0.4, -0.2) is 40.1 Å². The zero-order valence-electron chi connectivity index (χ0n) is 14.9. The molecule has 138 valence electrons. The van der Waals surface area contributed by atoms with Gasteiger partial charge in [-0.15, -0.1) is 0 Å². The molecule has 9 heteroatoms. The average molecular weight is 350 g/mol. The number of hydrogen-bond acceptors (Lipinski definition) is 5. The Bertz CT molecular complexity index is 642. The zero-order chi connectivity index (χ0) is 18.4. The van der Waals surface area contributed by atoms with Crippen LogP contribution in [0, 0.1) is 6.92 Å². The van der Waals surface area contributed by atoms with Crippen LogP contribution in [0.3, 0.4) is 0 Å². The monoisotopic (exact) mass is 350 g/mol. The minimum Gasteiger partial charge on any atom is -0.348 e. The summed E-state index contributed by atoms with van der Waals surface area (Å²) in [6.07, 6.45) is 2.67. The van der Waals surface area contributed by atoms with Gasteiger partial charge in [0.05, 0.1) is 5.69 Å². The predicted molar refractivity (Wildman–Crippen MR) is 92.5 cm³/mol. The van der Waals surface area contributed by atoms with Gasteiger partial charge in [-0.25, -0.2) is 4.68 Å². The zero-order valence-corrected chi connectivity index (χ0v) is 14.9. The second kappa shape index (κ2) is 8.61. The Kier molecular flexibility index (Phi) is 6.51. The van der Waals surface area contributed by atoms with Crippen LogP contribution >= 0.6 is 0 Å². The molecular weight excluding hydrogens is 324 g/mol. The molecule has 0 aliphatic carbocycles. The van der Waals surface area contributed by atoms with Crippen molar-refractivity contribution in [2.75, 3.05) is 11.9 Å². The maximum Gasteiger partial charge on any atom is 0.314 e. The van der Waals surface area contributed by atoms with E-state index in [4.69, 9.17) is 0 Å². The van der Waals surface area contributed by atoms with E-state index in [0.717, 1.165) is 19.3 Å². The van der Waals surface area contributed by atoms with Crippen LogP contribution in [0.4, 0.5) is 5.82 Å². The Morgan fingerprint density at radius 2 is 2.12 bits per heavy atom. The summed E-state index contributed by atoms with van der Waals surface area (Å²) in [5.41, 5.74) is 0.660. The molecule has 0 aromatic carbocycles. The fourth-order valence-corrected chi connectivity index (χ4v) is 2.63. The van der Waals surface area contributed by atoms with E-state index in [9.17, 15) is 14.4 Å². The highest BCUT2D eigenvalue weighted by atomic mass is 16.2. The molecule has 1 aromatic heterocycles. The summed E-state index contributed by atoms with van der Waals surface area (Å²) in [6, 6.07) is 1.63. The van der Waals surface area contributed by atoms with E-state index >= 15 is 0 Å². The highest BCUT2D eigenvalue weighted by molar-refractivity contribution is 6.39. The molecule has 1 aliphatic heterocycles. The second-order valence-corrected chi connectivity index (χ2v) is 6.27. The van der Waals surface area contributed by atoms with E-state index in [0.29, 0.717) is 24.5 Å². The highest BCUT2D eigenvalue weighted by Gasteiger charge is 2.27. The molecule has 4 N–H and O–H groups in total. The van der Waals surface area contributed by atoms with Gasteiger partial charge in [0.15, 0.2) is 6.29 Å². The van der Waals surface area contributed by atoms with E-state index in [1.165, 1.54) is 4.68 Å². The van der Waals surface area contributed by atoms with Crippen LogP contribution in [0.25, 0.3) is 0 Å². The Balaban J connectivity index is 2.01. The molecule has 0 saturated carbocycles. The summed E-state index contributed by atoms with van der Waals surface area (Å²) in [4.78, 5) is 35.7. The number of hydrogen-bond donors (Lipinski definition) is 4. The first-order valence-corrected chi connectivity index (χ1v) is 8.61.